The maximum Gasteiger partial charge on any atom is 0.279 e. The van der Waals surface area contributed by atoms with Crippen molar-refractivity contribution in [3.05, 3.63) is 0 Å². The van der Waals surface area contributed by atoms with Crippen LogP contribution in [0.2, 0.25) is 0 Å². The Hall–Kier alpha value is 0.160. The van der Waals surface area contributed by atoms with E-state index in [4.69, 9.17) is 11.6 Å². The molecule has 1 saturated heterocycles. The Morgan fingerprint density at radius 1 is 1.32 bits per heavy atom. The van der Waals surface area contributed by atoms with Crippen molar-refractivity contribution in [1.82, 2.24) is 9.03 Å². The predicted octanol–water partition coefficient (Wildman–Crippen LogP) is 2.60. The van der Waals surface area contributed by atoms with Gasteiger partial charge in [-0.15, -0.1) is 11.6 Å². The summed E-state index contributed by atoms with van der Waals surface area (Å²) in [4.78, 5) is 0. The summed E-state index contributed by atoms with van der Waals surface area (Å²) in [5, 5.41) is 0. The summed E-state index contributed by atoms with van der Waals surface area (Å²) in [5.41, 5.74) is -0.0506. The van der Waals surface area contributed by atoms with Crippen LogP contribution in [-0.4, -0.2) is 38.2 Å². The molecule has 0 amide bonds. The molecule has 0 aliphatic carbocycles. The largest absolute Gasteiger partial charge is 0.279 e. The molecule has 0 aromatic heterocycles. The minimum atomic E-state index is -3.31. The van der Waals surface area contributed by atoms with E-state index in [1.807, 2.05) is 0 Å². The van der Waals surface area contributed by atoms with Crippen molar-refractivity contribution >= 4 is 21.8 Å². The van der Waals surface area contributed by atoms with Gasteiger partial charge in [0.25, 0.3) is 10.2 Å². The third-order valence-electron chi connectivity index (χ3n) is 3.80. The third-order valence-corrected chi connectivity index (χ3v) is 5.62. The first-order chi connectivity index (χ1) is 8.77. The van der Waals surface area contributed by atoms with Crippen LogP contribution in [0.3, 0.4) is 0 Å². The van der Waals surface area contributed by atoms with Gasteiger partial charge in [-0.3, -0.25) is 0 Å². The van der Waals surface area contributed by atoms with Crippen LogP contribution >= 0.6 is 11.6 Å². The molecule has 1 heterocycles. The molecule has 0 atom stereocenters. The van der Waals surface area contributed by atoms with Gasteiger partial charge in [-0.05, 0) is 37.0 Å². The van der Waals surface area contributed by atoms with Gasteiger partial charge in [0.15, 0.2) is 0 Å². The summed E-state index contributed by atoms with van der Waals surface area (Å²) >= 11 is 5.69. The first kappa shape index (κ1) is 17.2. The summed E-state index contributed by atoms with van der Waals surface area (Å²) in [5.74, 6) is 1.26. The third kappa shape index (κ3) is 5.98. The highest BCUT2D eigenvalue weighted by Gasteiger charge is 2.28. The lowest BCUT2D eigenvalue weighted by molar-refractivity contribution is 0.278. The number of alkyl halides is 1. The Morgan fingerprint density at radius 3 is 2.42 bits per heavy atom. The molecule has 19 heavy (non-hydrogen) atoms. The molecule has 0 aromatic carbocycles. The van der Waals surface area contributed by atoms with Crippen LogP contribution in [-0.2, 0) is 10.2 Å². The lowest BCUT2D eigenvalue weighted by Crippen LogP contribution is -2.47. The van der Waals surface area contributed by atoms with Gasteiger partial charge in [-0.25, -0.2) is 4.72 Å². The number of piperidine rings is 1. The minimum Gasteiger partial charge on any atom is -0.202 e. The van der Waals surface area contributed by atoms with Crippen LogP contribution in [0.4, 0.5) is 0 Å². The van der Waals surface area contributed by atoms with Gasteiger partial charge in [-0.1, -0.05) is 20.8 Å². The summed E-state index contributed by atoms with van der Waals surface area (Å²) in [6, 6.07) is 0. The number of halogens is 1. The second-order valence-electron chi connectivity index (χ2n) is 6.36. The fraction of sp³-hybridized carbons (Fsp3) is 1.00. The van der Waals surface area contributed by atoms with E-state index < -0.39 is 10.2 Å². The van der Waals surface area contributed by atoms with E-state index in [9.17, 15) is 8.42 Å². The minimum absolute atomic E-state index is 0.0506. The van der Waals surface area contributed by atoms with E-state index in [1.54, 1.807) is 4.31 Å². The first-order valence-corrected chi connectivity index (χ1v) is 9.05. The van der Waals surface area contributed by atoms with Crippen LogP contribution in [0.15, 0.2) is 0 Å². The molecule has 6 heteroatoms. The number of hydrogen-bond acceptors (Lipinski definition) is 2. The van der Waals surface area contributed by atoms with Crippen molar-refractivity contribution in [3.8, 4) is 0 Å². The first-order valence-electron chi connectivity index (χ1n) is 7.07. The molecule has 1 aliphatic heterocycles. The molecule has 1 aliphatic rings. The van der Waals surface area contributed by atoms with Crippen molar-refractivity contribution in [2.75, 3.05) is 25.5 Å². The van der Waals surface area contributed by atoms with Crippen molar-refractivity contribution in [3.63, 3.8) is 0 Å². The van der Waals surface area contributed by atoms with E-state index in [0.717, 1.165) is 25.7 Å². The van der Waals surface area contributed by atoms with Crippen molar-refractivity contribution in [1.29, 1.82) is 0 Å². The molecule has 0 aromatic rings. The molecule has 0 bridgehead atoms. The van der Waals surface area contributed by atoms with E-state index in [-0.39, 0.29) is 5.41 Å². The quantitative estimate of drug-likeness (QED) is 0.735. The zero-order chi connectivity index (χ0) is 14.5. The lowest BCUT2D eigenvalue weighted by Gasteiger charge is -2.31. The maximum atomic E-state index is 12.2. The Balaban J connectivity index is 2.46. The van der Waals surface area contributed by atoms with Crippen LogP contribution in [0.1, 0.15) is 46.5 Å². The molecule has 0 radical (unpaired) electrons. The monoisotopic (exact) mass is 310 g/mol. The van der Waals surface area contributed by atoms with Gasteiger partial charge in [0.1, 0.15) is 0 Å². The topological polar surface area (TPSA) is 49.4 Å². The number of rotatable bonds is 7. The molecule has 0 spiro atoms. The van der Waals surface area contributed by atoms with Crippen LogP contribution in [0.5, 0.6) is 0 Å². The summed E-state index contributed by atoms with van der Waals surface area (Å²) in [7, 11) is -3.31. The fourth-order valence-electron chi connectivity index (χ4n) is 2.24. The smallest absolute Gasteiger partial charge is 0.202 e. The highest BCUT2D eigenvalue weighted by Crippen LogP contribution is 2.23. The van der Waals surface area contributed by atoms with Gasteiger partial charge in [-0.2, -0.15) is 12.7 Å². The molecule has 114 valence electrons. The molecule has 1 N–H and O–H groups in total. The van der Waals surface area contributed by atoms with Crippen molar-refractivity contribution in [2.24, 2.45) is 11.3 Å². The summed E-state index contributed by atoms with van der Waals surface area (Å²) in [6.07, 6.45) is 3.75. The maximum absolute atomic E-state index is 12.2. The molecular formula is C13H27ClN2O2S. The second kappa shape index (κ2) is 7.25. The highest BCUT2D eigenvalue weighted by atomic mass is 35.5. The molecule has 1 fully saturated rings. The van der Waals surface area contributed by atoms with Crippen molar-refractivity contribution < 1.29 is 8.42 Å². The SMILES string of the molecule is CC1CCN(S(=O)(=O)NCC(C)(C)CCCCl)CC1. The normalized spacial score (nSPS) is 19.8. The zero-order valence-corrected chi connectivity index (χ0v) is 13.9. The van der Waals surface area contributed by atoms with Crippen LogP contribution < -0.4 is 4.72 Å². The Kier molecular flexibility index (Phi) is 6.57. The molecule has 1 rings (SSSR count). The van der Waals surface area contributed by atoms with E-state index >= 15 is 0 Å². The average Bonchev–Trinajstić information content (AvgIpc) is 2.35. The Morgan fingerprint density at radius 2 is 1.89 bits per heavy atom. The molecular weight excluding hydrogens is 284 g/mol. The summed E-state index contributed by atoms with van der Waals surface area (Å²) < 4.78 is 28.7. The molecule has 4 nitrogen and oxygen atoms in total. The number of nitrogens with one attached hydrogen (secondary N) is 1. The lowest BCUT2D eigenvalue weighted by atomic mass is 9.88. The van der Waals surface area contributed by atoms with Gasteiger partial charge in [0, 0.05) is 25.5 Å². The Labute approximate surface area is 123 Å². The summed E-state index contributed by atoms with van der Waals surface area (Å²) in [6.45, 7) is 8.06. The van der Waals surface area contributed by atoms with Crippen LogP contribution in [0.25, 0.3) is 0 Å². The van der Waals surface area contributed by atoms with Crippen molar-refractivity contribution in [2.45, 2.75) is 46.5 Å². The Bertz CT molecular complexity index is 363. The zero-order valence-electron chi connectivity index (χ0n) is 12.3. The van der Waals surface area contributed by atoms with Crippen LogP contribution in [0, 0.1) is 11.3 Å². The number of hydrogen-bond donors (Lipinski definition) is 1. The number of nitrogens with zero attached hydrogens (tertiary/aromatic N) is 1. The molecule has 0 unspecified atom stereocenters. The average molecular weight is 311 g/mol. The van der Waals surface area contributed by atoms with Gasteiger partial charge >= 0.3 is 0 Å². The second-order valence-corrected chi connectivity index (χ2v) is 8.50. The molecule has 0 saturated carbocycles. The highest BCUT2D eigenvalue weighted by molar-refractivity contribution is 7.87. The van der Waals surface area contributed by atoms with E-state index in [0.29, 0.717) is 31.4 Å². The van der Waals surface area contributed by atoms with Gasteiger partial charge < -0.3 is 0 Å². The van der Waals surface area contributed by atoms with Gasteiger partial charge in [0.2, 0.25) is 0 Å². The van der Waals surface area contributed by atoms with E-state index in [1.165, 1.54) is 0 Å². The predicted molar refractivity (Wildman–Crippen MR) is 80.6 cm³/mol. The van der Waals surface area contributed by atoms with E-state index in [2.05, 4.69) is 25.5 Å². The van der Waals surface area contributed by atoms with Gasteiger partial charge in [0.05, 0.1) is 0 Å². The standard InChI is InChI=1S/C13H27ClN2O2S/c1-12-5-9-16(10-6-12)19(17,18)15-11-13(2,3)7-4-8-14/h12,15H,4-11H2,1-3H3. The fourth-order valence-corrected chi connectivity index (χ4v) is 3.82.